The molecule has 0 saturated heterocycles. The summed E-state index contributed by atoms with van der Waals surface area (Å²) in [4.78, 5) is 0. The van der Waals surface area contributed by atoms with E-state index in [0.29, 0.717) is 12.8 Å². The lowest BCUT2D eigenvalue weighted by Crippen LogP contribution is -2.28. The zero-order chi connectivity index (χ0) is 6.85. The van der Waals surface area contributed by atoms with Gasteiger partial charge in [-0.15, -0.1) is 0 Å². The zero-order valence-corrected chi connectivity index (χ0v) is 5.54. The van der Waals surface area contributed by atoms with Crippen molar-refractivity contribution >= 4 is 0 Å². The summed E-state index contributed by atoms with van der Waals surface area (Å²) in [5.74, 6) is 0. The maximum absolute atomic E-state index is 9.06. The van der Waals surface area contributed by atoms with E-state index in [4.69, 9.17) is 10.2 Å². The van der Waals surface area contributed by atoms with Gasteiger partial charge in [0.2, 0.25) is 0 Å². The summed E-state index contributed by atoms with van der Waals surface area (Å²) in [6.45, 7) is 1.97. The topological polar surface area (TPSA) is 40.5 Å². The highest BCUT2D eigenvalue weighted by molar-refractivity contribution is 5.06. The zero-order valence-electron chi connectivity index (χ0n) is 5.54. The van der Waals surface area contributed by atoms with Gasteiger partial charge in [-0.3, -0.25) is 0 Å². The smallest absolute Gasteiger partial charge is 0.0839 e. The molecule has 2 unspecified atom stereocenters. The highest BCUT2D eigenvalue weighted by Crippen LogP contribution is 2.17. The largest absolute Gasteiger partial charge is 0.390 e. The first-order valence-electron chi connectivity index (χ1n) is 3.22. The average Bonchev–Trinajstić information content (AvgIpc) is 1.80. The number of hydrogen-bond donors (Lipinski definition) is 2. The van der Waals surface area contributed by atoms with Crippen molar-refractivity contribution in [2.75, 3.05) is 0 Å². The van der Waals surface area contributed by atoms with Gasteiger partial charge in [-0.25, -0.2) is 0 Å². The quantitative estimate of drug-likeness (QED) is 0.465. The first-order chi connectivity index (χ1) is 4.20. The highest BCUT2D eigenvalue weighted by atomic mass is 16.3. The molecule has 2 heteroatoms. The molecule has 0 aromatic carbocycles. The summed E-state index contributed by atoms with van der Waals surface area (Å²) in [7, 11) is 0. The second-order valence-corrected chi connectivity index (χ2v) is 2.62. The molecule has 2 nitrogen and oxygen atoms in total. The Kier molecular flexibility index (Phi) is 1.88. The minimum atomic E-state index is -0.534. The van der Waals surface area contributed by atoms with Crippen molar-refractivity contribution in [2.24, 2.45) is 0 Å². The lowest BCUT2D eigenvalue weighted by Gasteiger charge is -2.21. The molecule has 0 bridgehead atoms. The van der Waals surface area contributed by atoms with Crippen LogP contribution in [-0.2, 0) is 0 Å². The van der Waals surface area contributed by atoms with E-state index in [9.17, 15) is 0 Å². The molecule has 1 aliphatic carbocycles. The number of aliphatic hydroxyl groups excluding tert-OH is 2. The summed E-state index contributed by atoms with van der Waals surface area (Å²) in [5.41, 5.74) is 1.17. The van der Waals surface area contributed by atoms with E-state index in [1.54, 1.807) is 0 Å². The Morgan fingerprint density at radius 2 is 2.11 bits per heavy atom. The van der Waals surface area contributed by atoms with Crippen LogP contribution in [0.25, 0.3) is 0 Å². The average molecular weight is 128 g/mol. The van der Waals surface area contributed by atoms with Gasteiger partial charge in [0.1, 0.15) is 0 Å². The molecule has 0 radical (unpaired) electrons. The minimum Gasteiger partial charge on any atom is -0.390 e. The normalized spacial score (nSPS) is 36.1. The van der Waals surface area contributed by atoms with Crippen LogP contribution in [0, 0.1) is 0 Å². The van der Waals surface area contributed by atoms with E-state index in [0.717, 1.165) is 0 Å². The molecular formula is C7H12O2. The van der Waals surface area contributed by atoms with Crippen LogP contribution in [0.15, 0.2) is 11.6 Å². The third-order valence-corrected chi connectivity index (χ3v) is 1.68. The van der Waals surface area contributed by atoms with E-state index >= 15 is 0 Å². The van der Waals surface area contributed by atoms with Gasteiger partial charge in [0.05, 0.1) is 12.2 Å². The molecule has 0 amide bonds. The molecule has 2 N–H and O–H groups in total. The summed E-state index contributed by atoms with van der Waals surface area (Å²) >= 11 is 0. The van der Waals surface area contributed by atoms with Crippen molar-refractivity contribution in [1.82, 2.24) is 0 Å². The van der Waals surface area contributed by atoms with Crippen LogP contribution in [-0.4, -0.2) is 22.4 Å². The van der Waals surface area contributed by atoms with Gasteiger partial charge in [0.25, 0.3) is 0 Å². The molecule has 9 heavy (non-hydrogen) atoms. The van der Waals surface area contributed by atoms with Crippen LogP contribution in [0.3, 0.4) is 0 Å². The molecule has 0 heterocycles. The van der Waals surface area contributed by atoms with Gasteiger partial charge < -0.3 is 10.2 Å². The molecule has 0 aliphatic heterocycles. The first kappa shape index (κ1) is 6.78. The fourth-order valence-electron chi connectivity index (χ4n) is 1.03. The molecule has 0 aromatic heterocycles. The standard InChI is InChI=1S/C7H12O2/c1-5-2-3-6(8)7(9)4-5/h2,6-9H,3-4H2,1H3. The maximum Gasteiger partial charge on any atom is 0.0839 e. The van der Waals surface area contributed by atoms with Gasteiger partial charge in [0.15, 0.2) is 0 Å². The summed E-state index contributed by atoms with van der Waals surface area (Å²) in [6, 6.07) is 0. The summed E-state index contributed by atoms with van der Waals surface area (Å²) < 4.78 is 0. The van der Waals surface area contributed by atoms with E-state index < -0.39 is 12.2 Å². The third-order valence-electron chi connectivity index (χ3n) is 1.68. The maximum atomic E-state index is 9.06. The lowest BCUT2D eigenvalue weighted by molar-refractivity contribution is 0.0169. The second-order valence-electron chi connectivity index (χ2n) is 2.62. The third kappa shape index (κ3) is 1.53. The highest BCUT2D eigenvalue weighted by Gasteiger charge is 2.18. The van der Waals surface area contributed by atoms with Crippen molar-refractivity contribution in [3.63, 3.8) is 0 Å². The Bertz CT molecular complexity index is 129. The van der Waals surface area contributed by atoms with E-state index in [1.165, 1.54) is 5.57 Å². The van der Waals surface area contributed by atoms with Crippen LogP contribution in [0.4, 0.5) is 0 Å². The van der Waals surface area contributed by atoms with Crippen LogP contribution < -0.4 is 0 Å². The van der Waals surface area contributed by atoms with Crippen LogP contribution >= 0.6 is 0 Å². The molecular weight excluding hydrogens is 116 g/mol. The Morgan fingerprint density at radius 3 is 2.56 bits per heavy atom. The van der Waals surface area contributed by atoms with E-state index in [-0.39, 0.29) is 0 Å². The fourth-order valence-corrected chi connectivity index (χ4v) is 1.03. The Labute approximate surface area is 54.8 Å². The van der Waals surface area contributed by atoms with Gasteiger partial charge >= 0.3 is 0 Å². The van der Waals surface area contributed by atoms with Gasteiger partial charge in [0, 0.05) is 0 Å². The van der Waals surface area contributed by atoms with Gasteiger partial charge in [-0.1, -0.05) is 11.6 Å². The predicted molar refractivity (Wildman–Crippen MR) is 35.0 cm³/mol. The van der Waals surface area contributed by atoms with Crippen molar-refractivity contribution in [3.05, 3.63) is 11.6 Å². The molecule has 1 rings (SSSR count). The molecule has 52 valence electrons. The lowest BCUT2D eigenvalue weighted by atomic mass is 9.96. The number of aliphatic hydroxyl groups is 2. The summed E-state index contributed by atoms with van der Waals surface area (Å²) in [6.07, 6.45) is 2.13. The Morgan fingerprint density at radius 1 is 1.44 bits per heavy atom. The molecule has 0 saturated carbocycles. The first-order valence-corrected chi connectivity index (χ1v) is 3.22. The SMILES string of the molecule is CC1=CCC(O)C(O)C1. The fraction of sp³-hybridized carbons (Fsp3) is 0.714. The van der Waals surface area contributed by atoms with Crippen LogP contribution in [0.1, 0.15) is 19.8 Å². The number of rotatable bonds is 0. The number of hydrogen-bond acceptors (Lipinski definition) is 2. The Hall–Kier alpha value is -0.340. The van der Waals surface area contributed by atoms with Gasteiger partial charge in [-0.2, -0.15) is 0 Å². The van der Waals surface area contributed by atoms with Crippen LogP contribution in [0.2, 0.25) is 0 Å². The van der Waals surface area contributed by atoms with Gasteiger partial charge in [-0.05, 0) is 19.8 Å². The summed E-state index contributed by atoms with van der Waals surface area (Å²) in [5, 5.41) is 18.1. The van der Waals surface area contributed by atoms with E-state index in [2.05, 4.69) is 0 Å². The van der Waals surface area contributed by atoms with Crippen molar-refractivity contribution in [1.29, 1.82) is 0 Å². The monoisotopic (exact) mass is 128 g/mol. The minimum absolute atomic E-state index is 0.532. The predicted octanol–water partition coefficient (Wildman–Crippen LogP) is 0.448. The van der Waals surface area contributed by atoms with Crippen molar-refractivity contribution in [3.8, 4) is 0 Å². The van der Waals surface area contributed by atoms with E-state index in [1.807, 2.05) is 13.0 Å². The molecule has 2 atom stereocenters. The second kappa shape index (κ2) is 2.50. The Balaban J connectivity index is 2.54. The van der Waals surface area contributed by atoms with Crippen LogP contribution in [0.5, 0.6) is 0 Å². The molecule has 0 spiro atoms. The molecule has 0 aromatic rings. The molecule has 1 aliphatic rings. The molecule has 0 fully saturated rings. The van der Waals surface area contributed by atoms with Crippen molar-refractivity contribution < 1.29 is 10.2 Å². The van der Waals surface area contributed by atoms with Crippen molar-refractivity contribution in [2.45, 2.75) is 32.0 Å².